The summed E-state index contributed by atoms with van der Waals surface area (Å²) in [6.07, 6.45) is 7.66. The second-order valence-corrected chi connectivity index (χ2v) is 9.36. The number of aromatic nitrogens is 4. The van der Waals surface area contributed by atoms with Crippen LogP contribution in [0, 0.1) is 6.92 Å². The maximum absolute atomic E-state index is 13.4. The van der Waals surface area contributed by atoms with Crippen molar-refractivity contribution < 1.29 is 8.42 Å². The Morgan fingerprint density at radius 2 is 1.79 bits per heavy atom. The van der Waals surface area contributed by atoms with Gasteiger partial charge in [-0.05, 0) is 38.0 Å². The summed E-state index contributed by atoms with van der Waals surface area (Å²) in [5.74, 6) is 0.849. The van der Waals surface area contributed by atoms with E-state index in [0.29, 0.717) is 17.2 Å². The molecule has 1 aliphatic carbocycles. The molecule has 4 aromatic rings. The zero-order chi connectivity index (χ0) is 19.3. The van der Waals surface area contributed by atoms with Gasteiger partial charge in [0.2, 0.25) is 9.84 Å². The Labute approximate surface area is 163 Å². The second-order valence-electron chi connectivity index (χ2n) is 7.49. The average Bonchev–Trinajstić information content (AvgIpc) is 3.32. The molecular weight excluding hydrogens is 372 g/mol. The van der Waals surface area contributed by atoms with Gasteiger partial charge in [-0.15, -0.1) is 0 Å². The number of imidazole rings is 1. The molecule has 1 aromatic carbocycles. The van der Waals surface area contributed by atoms with E-state index < -0.39 is 9.84 Å². The molecule has 1 saturated carbocycles. The molecule has 5 rings (SSSR count). The van der Waals surface area contributed by atoms with E-state index in [1.807, 2.05) is 19.2 Å². The Hall–Kier alpha value is -2.67. The zero-order valence-electron chi connectivity index (χ0n) is 15.7. The number of fused-ring (bicyclic) bond motifs is 3. The van der Waals surface area contributed by atoms with E-state index in [2.05, 4.69) is 14.5 Å². The Morgan fingerprint density at radius 3 is 2.54 bits per heavy atom. The van der Waals surface area contributed by atoms with Crippen LogP contribution in [0.2, 0.25) is 0 Å². The minimum absolute atomic E-state index is 0.0290. The molecule has 0 aliphatic heterocycles. The predicted octanol–water partition coefficient (Wildman–Crippen LogP) is 4.56. The Balaban J connectivity index is 1.84. The van der Waals surface area contributed by atoms with E-state index in [4.69, 9.17) is 4.98 Å². The highest BCUT2D eigenvalue weighted by Gasteiger charge is 2.29. The number of sulfone groups is 1. The van der Waals surface area contributed by atoms with Crippen molar-refractivity contribution in [3.63, 3.8) is 0 Å². The lowest BCUT2D eigenvalue weighted by molar-refractivity contribution is 0.355. The first kappa shape index (κ1) is 17.4. The number of benzene rings is 1. The van der Waals surface area contributed by atoms with Gasteiger partial charge in [0.25, 0.3) is 0 Å². The van der Waals surface area contributed by atoms with E-state index in [0.717, 1.165) is 29.6 Å². The number of hydrogen-bond acceptors (Lipinski definition) is 4. The Morgan fingerprint density at radius 1 is 1.04 bits per heavy atom. The number of rotatable bonds is 3. The van der Waals surface area contributed by atoms with Gasteiger partial charge in [0, 0.05) is 17.6 Å². The van der Waals surface area contributed by atoms with Gasteiger partial charge in [0.1, 0.15) is 17.0 Å². The molecule has 0 radical (unpaired) electrons. The van der Waals surface area contributed by atoms with Gasteiger partial charge in [-0.2, -0.15) is 0 Å². The molecular formula is C21H22N4O2S. The summed E-state index contributed by atoms with van der Waals surface area (Å²) in [6.45, 7) is 1.96. The van der Waals surface area contributed by atoms with Gasteiger partial charge in [0.15, 0.2) is 5.03 Å². The third-order valence-electron chi connectivity index (χ3n) is 5.73. The van der Waals surface area contributed by atoms with E-state index in [9.17, 15) is 8.42 Å². The van der Waals surface area contributed by atoms with Gasteiger partial charge in [-0.25, -0.2) is 18.4 Å². The molecule has 1 aliphatic rings. The summed E-state index contributed by atoms with van der Waals surface area (Å²) in [7, 11) is -3.78. The molecule has 0 unspecified atom stereocenters. The minimum atomic E-state index is -3.78. The quantitative estimate of drug-likeness (QED) is 0.552. The topological polar surface area (TPSA) is 80.6 Å². The fourth-order valence-corrected chi connectivity index (χ4v) is 5.78. The van der Waals surface area contributed by atoms with Crippen molar-refractivity contribution in [2.45, 2.75) is 55.0 Å². The molecule has 0 amide bonds. The third kappa shape index (κ3) is 2.57. The van der Waals surface area contributed by atoms with Gasteiger partial charge in [-0.3, -0.25) is 0 Å². The summed E-state index contributed by atoms with van der Waals surface area (Å²) < 4.78 is 29.0. The monoisotopic (exact) mass is 394 g/mol. The number of H-pyrrole nitrogens is 1. The van der Waals surface area contributed by atoms with Crippen molar-refractivity contribution in [2.75, 3.05) is 0 Å². The van der Waals surface area contributed by atoms with Crippen LogP contribution in [0.1, 0.15) is 44.0 Å². The maximum atomic E-state index is 13.4. The number of nitrogens with zero attached hydrogens (tertiary/aromatic N) is 3. The molecule has 0 spiro atoms. The minimum Gasteiger partial charge on any atom is -0.346 e. The molecule has 0 bridgehead atoms. The van der Waals surface area contributed by atoms with E-state index in [1.165, 1.54) is 19.3 Å². The van der Waals surface area contributed by atoms with Crippen molar-refractivity contribution in [1.82, 2.24) is 19.5 Å². The van der Waals surface area contributed by atoms with Crippen molar-refractivity contribution in [2.24, 2.45) is 0 Å². The largest absolute Gasteiger partial charge is 0.346 e. The van der Waals surface area contributed by atoms with Crippen LogP contribution >= 0.6 is 0 Å². The van der Waals surface area contributed by atoms with Crippen molar-refractivity contribution in [3.05, 3.63) is 48.4 Å². The number of hydrogen-bond donors (Lipinski definition) is 1. The van der Waals surface area contributed by atoms with Crippen molar-refractivity contribution in [3.8, 4) is 0 Å². The smallest absolute Gasteiger partial charge is 0.226 e. The van der Waals surface area contributed by atoms with E-state index in [1.54, 1.807) is 30.3 Å². The first-order valence-corrected chi connectivity index (χ1v) is 11.2. The molecule has 28 heavy (non-hydrogen) atoms. The molecule has 1 N–H and O–H groups in total. The molecule has 3 aromatic heterocycles. The van der Waals surface area contributed by atoms with Crippen molar-refractivity contribution >= 4 is 31.9 Å². The van der Waals surface area contributed by atoms with Crippen LogP contribution in [-0.2, 0) is 9.84 Å². The third-order valence-corrected chi connectivity index (χ3v) is 7.42. The number of aromatic amines is 1. The molecule has 1 fully saturated rings. The van der Waals surface area contributed by atoms with Crippen LogP contribution in [-0.4, -0.2) is 27.9 Å². The maximum Gasteiger partial charge on any atom is 0.226 e. The summed E-state index contributed by atoms with van der Waals surface area (Å²) in [6, 6.07) is 10.8. The molecule has 7 heteroatoms. The van der Waals surface area contributed by atoms with E-state index in [-0.39, 0.29) is 9.92 Å². The fourth-order valence-electron chi connectivity index (χ4n) is 4.43. The Bertz CT molecular complexity index is 1270. The summed E-state index contributed by atoms with van der Waals surface area (Å²) in [4.78, 5) is 12.5. The first-order chi connectivity index (χ1) is 13.6. The lowest BCUT2D eigenvalue weighted by Crippen LogP contribution is -2.14. The van der Waals surface area contributed by atoms with Crippen LogP contribution in [0.4, 0.5) is 0 Å². The standard InChI is InChI=1S/C21H22N4O2S/c1-14-23-18-19(25(14)15-8-4-2-5-9-15)17-12-13-22-20(17)24-21(18)28(26,27)16-10-6-3-7-11-16/h3,6-7,10-13,15H,2,4-5,8-9H2,1H3,(H,22,24). The summed E-state index contributed by atoms with van der Waals surface area (Å²) >= 11 is 0. The lowest BCUT2D eigenvalue weighted by atomic mass is 9.95. The van der Waals surface area contributed by atoms with Crippen LogP contribution in [0.3, 0.4) is 0 Å². The molecule has 0 saturated heterocycles. The van der Waals surface area contributed by atoms with Crippen LogP contribution in [0.25, 0.3) is 22.1 Å². The van der Waals surface area contributed by atoms with Gasteiger partial charge < -0.3 is 9.55 Å². The zero-order valence-corrected chi connectivity index (χ0v) is 16.5. The highest BCUT2D eigenvalue weighted by Crippen LogP contribution is 2.37. The van der Waals surface area contributed by atoms with Crippen LogP contribution in [0.5, 0.6) is 0 Å². The Kier molecular flexibility index (Phi) is 4.01. The molecule has 0 atom stereocenters. The van der Waals surface area contributed by atoms with Gasteiger partial charge >= 0.3 is 0 Å². The SMILES string of the molecule is Cc1nc2c(S(=O)(=O)c3ccccc3)nc3[nH]ccc3c2n1C1CCCCC1. The highest BCUT2D eigenvalue weighted by atomic mass is 32.2. The predicted molar refractivity (Wildman–Crippen MR) is 108 cm³/mol. The van der Waals surface area contributed by atoms with Gasteiger partial charge in [0.05, 0.1) is 10.4 Å². The number of nitrogens with one attached hydrogen (secondary N) is 1. The molecule has 6 nitrogen and oxygen atoms in total. The average molecular weight is 395 g/mol. The van der Waals surface area contributed by atoms with E-state index >= 15 is 0 Å². The molecule has 144 valence electrons. The van der Waals surface area contributed by atoms with Crippen molar-refractivity contribution in [1.29, 1.82) is 0 Å². The summed E-state index contributed by atoms with van der Waals surface area (Å²) in [5.41, 5.74) is 1.93. The second kappa shape index (κ2) is 6.44. The number of aryl methyl sites for hydroxylation is 1. The van der Waals surface area contributed by atoms with Gasteiger partial charge in [-0.1, -0.05) is 37.5 Å². The fraction of sp³-hybridized carbons (Fsp3) is 0.333. The first-order valence-electron chi connectivity index (χ1n) is 9.73. The van der Waals surface area contributed by atoms with Crippen LogP contribution < -0.4 is 0 Å². The summed E-state index contributed by atoms with van der Waals surface area (Å²) in [5, 5.41) is 0.953. The van der Waals surface area contributed by atoms with Crippen LogP contribution in [0.15, 0.2) is 52.5 Å². The highest BCUT2D eigenvalue weighted by molar-refractivity contribution is 7.91. The number of pyridine rings is 1. The molecule has 3 heterocycles. The normalized spacial score (nSPS) is 16.2. The lowest BCUT2D eigenvalue weighted by Gasteiger charge is -2.25.